The van der Waals surface area contributed by atoms with Crippen LogP contribution in [0.4, 0.5) is 0 Å². The number of hydrogen-bond acceptors (Lipinski definition) is 0. The summed E-state index contributed by atoms with van der Waals surface area (Å²) >= 11 is -2.43. The van der Waals surface area contributed by atoms with Gasteiger partial charge in [-0.2, -0.15) is 0 Å². The van der Waals surface area contributed by atoms with Crippen LogP contribution in [0.2, 0.25) is 0 Å². The second-order valence-electron chi connectivity index (χ2n) is 15.9. The van der Waals surface area contributed by atoms with Gasteiger partial charge in [-0.1, -0.05) is 0 Å². The molecule has 4 aromatic rings. The van der Waals surface area contributed by atoms with Crippen molar-refractivity contribution in [3.05, 3.63) is 145 Å². The maximum absolute atomic E-state index is 2.73. The zero-order valence-corrected chi connectivity index (χ0v) is 35.7. The van der Waals surface area contributed by atoms with Crippen LogP contribution in [0, 0.1) is 13.8 Å². The van der Waals surface area contributed by atoms with Crippen LogP contribution in [0.3, 0.4) is 0 Å². The molecule has 0 nitrogen and oxygen atoms in total. The van der Waals surface area contributed by atoms with Gasteiger partial charge in [-0.25, -0.2) is 0 Å². The Labute approximate surface area is 325 Å². The van der Waals surface area contributed by atoms with E-state index in [0.29, 0.717) is 11.8 Å². The van der Waals surface area contributed by atoms with Gasteiger partial charge in [-0.15, -0.1) is 0 Å². The number of rotatable bonds is 18. The Balaban J connectivity index is 1.59. The first-order valence-electron chi connectivity index (χ1n) is 20.9. The molecule has 0 bridgehead atoms. The second kappa shape index (κ2) is 18.9. The van der Waals surface area contributed by atoms with Crippen LogP contribution < -0.4 is 3.27 Å². The Hall–Kier alpha value is -2.89. The predicted molar refractivity (Wildman–Crippen MR) is 225 cm³/mol. The summed E-state index contributed by atoms with van der Waals surface area (Å²) in [6.45, 7) is 14.5. The first-order valence-corrected chi connectivity index (χ1v) is 24.6. The summed E-state index contributed by atoms with van der Waals surface area (Å²) in [5, 5.41) is 0. The minimum atomic E-state index is -2.43. The van der Waals surface area contributed by atoms with Crippen LogP contribution in [-0.2, 0) is 40.5 Å². The third kappa shape index (κ3) is 8.90. The van der Waals surface area contributed by atoms with E-state index in [9.17, 15) is 0 Å². The summed E-state index contributed by atoms with van der Waals surface area (Å²) in [5.74, 6) is 1.08. The van der Waals surface area contributed by atoms with Gasteiger partial charge in [0, 0.05) is 0 Å². The molecular weight excluding hydrogens is 704 g/mol. The quantitative estimate of drug-likeness (QED) is 0.0833. The molecule has 2 aliphatic carbocycles. The fourth-order valence-electron chi connectivity index (χ4n) is 9.44. The Morgan fingerprint density at radius 3 is 1.79 bits per heavy atom. The van der Waals surface area contributed by atoms with E-state index in [1.165, 1.54) is 87.3 Å². The zero-order valence-electron chi connectivity index (χ0n) is 33.3. The van der Waals surface area contributed by atoms with Gasteiger partial charge in [-0.05, 0) is 0 Å². The predicted octanol–water partition coefficient (Wildman–Crippen LogP) is 13.8. The molecule has 2 unspecified atom stereocenters. The average molecular weight is 768 g/mol. The molecule has 1 heteroatoms. The van der Waals surface area contributed by atoms with Crippen molar-refractivity contribution in [2.75, 3.05) is 0 Å². The molecule has 0 radical (unpaired) electrons. The standard InChI is InChI=1S/C37H41.C9H18.C5H5.Zr/c1-5-13-30(21-28-15-9-7-10-16-28)34-24-36-32(19-26(34)3)23-33-20-27(4)35(25-37(33)36)31(14-6-2)22-29-17-11-8-12-18-29;1-3-5-7-9-8-6-4-2;1-2-4-5-3-1;/h7-12,15-19,24-25,30-31H,5-6,13-14,21-23H2,1-4H3;3-8H2,1-2H3;1-3H,4H2;. The van der Waals surface area contributed by atoms with Crippen LogP contribution in [0.15, 0.2) is 100 Å². The van der Waals surface area contributed by atoms with Crippen LogP contribution in [0.25, 0.3) is 11.1 Å². The summed E-state index contributed by atoms with van der Waals surface area (Å²) in [6.07, 6.45) is 24.7. The van der Waals surface area contributed by atoms with E-state index in [2.05, 4.69) is 139 Å². The second-order valence-corrected chi connectivity index (χ2v) is 22.3. The van der Waals surface area contributed by atoms with Crippen LogP contribution in [0.5, 0.6) is 0 Å². The van der Waals surface area contributed by atoms with Crippen molar-refractivity contribution < 1.29 is 21.3 Å². The average Bonchev–Trinajstić information content (AvgIpc) is 3.81. The van der Waals surface area contributed by atoms with Crippen molar-refractivity contribution in [1.82, 2.24) is 0 Å². The van der Waals surface area contributed by atoms with Gasteiger partial charge in [0.1, 0.15) is 0 Å². The summed E-state index contributed by atoms with van der Waals surface area (Å²) in [6, 6.07) is 30.6. The number of fused-ring (bicyclic) bond motifs is 3. The maximum atomic E-state index is 2.73. The molecular formula is C51H64Zr. The van der Waals surface area contributed by atoms with Gasteiger partial charge in [0.15, 0.2) is 0 Å². The monoisotopic (exact) mass is 766 g/mol. The molecule has 52 heavy (non-hydrogen) atoms. The molecule has 0 saturated carbocycles. The van der Waals surface area contributed by atoms with Crippen molar-refractivity contribution in [2.45, 2.75) is 143 Å². The number of aryl methyl sites for hydroxylation is 1. The van der Waals surface area contributed by atoms with E-state index in [-0.39, 0.29) is 0 Å². The summed E-state index contributed by atoms with van der Waals surface area (Å²) in [5.41, 5.74) is 15.7. The number of benzene rings is 4. The van der Waals surface area contributed by atoms with Crippen molar-refractivity contribution >= 4 is 6.48 Å². The van der Waals surface area contributed by atoms with Crippen LogP contribution in [-0.4, -0.2) is 3.21 Å². The Morgan fingerprint density at radius 2 is 1.25 bits per heavy atom. The molecule has 0 aliphatic heterocycles. The van der Waals surface area contributed by atoms with Crippen molar-refractivity contribution in [2.24, 2.45) is 0 Å². The Morgan fingerprint density at radius 1 is 0.673 bits per heavy atom. The molecule has 0 saturated heterocycles. The van der Waals surface area contributed by atoms with Crippen LogP contribution >= 0.6 is 0 Å². The van der Waals surface area contributed by atoms with E-state index in [1.54, 1.807) is 38.9 Å². The van der Waals surface area contributed by atoms with Crippen LogP contribution in [0.1, 0.15) is 155 Å². The van der Waals surface area contributed by atoms with Gasteiger partial charge in [-0.3, -0.25) is 0 Å². The fourth-order valence-corrected chi connectivity index (χ4v) is 18.3. The minimum absolute atomic E-state index is 0.534. The SMILES string of the molecule is CCCC[C](CCCC)=[Zr]([C]1=CC=CC1)[c]1c(C)c(C(CCC)Cc2ccccc2)cc2c1Cc1cc(C)c(C(CCC)Cc3ccccc3)cc1-2. The molecule has 0 fully saturated rings. The van der Waals surface area contributed by atoms with Crippen molar-refractivity contribution in [3.63, 3.8) is 0 Å². The van der Waals surface area contributed by atoms with Gasteiger partial charge in [0.05, 0.1) is 0 Å². The molecule has 0 heterocycles. The normalized spacial score (nSPS) is 14.2. The molecule has 272 valence electrons. The fraction of sp³-hybridized carbons (Fsp3) is 0.431. The number of hydrogen-bond donors (Lipinski definition) is 0. The first-order chi connectivity index (χ1) is 25.5. The van der Waals surface area contributed by atoms with Crippen molar-refractivity contribution in [3.8, 4) is 11.1 Å². The molecule has 0 spiro atoms. The molecule has 6 rings (SSSR count). The Kier molecular flexibility index (Phi) is 14.1. The first kappa shape index (κ1) is 38.8. The molecule has 0 amide bonds. The van der Waals surface area contributed by atoms with E-state index in [0.717, 1.165) is 19.3 Å². The summed E-state index contributed by atoms with van der Waals surface area (Å²) in [7, 11) is 0. The zero-order chi connectivity index (χ0) is 36.5. The summed E-state index contributed by atoms with van der Waals surface area (Å²) in [4.78, 5) is 0. The number of unbranched alkanes of at least 4 members (excludes halogenated alkanes) is 2. The van der Waals surface area contributed by atoms with E-state index in [4.69, 9.17) is 0 Å². The van der Waals surface area contributed by atoms with Gasteiger partial charge >= 0.3 is 327 Å². The Bertz CT molecular complexity index is 1880. The third-order valence-corrected chi connectivity index (χ3v) is 20.4. The molecule has 4 aromatic carbocycles. The number of allylic oxidation sites excluding steroid dienone is 4. The molecule has 0 N–H and O–H groups in total. The molecule has 2 atom stereocenters. The van der Waals surface area contributed by atoms with Gasteiger partial charge < -0.3 is 0 Å². The molecule has 2 aliphatic rings. The van der Waals surface area contributed by atoms with E-state index < -0.39 is 21.3 Å². The third-order valence-electron chi connectivity index (χ3n) is 12.0. The molecule has 0 aromatic heterocycles. The van der Waals surface area contributed by atoms with E-state index >= 15 is 0 Å². The summed E-state index contributed by atoms with van der Waals surface area (Å²) < 4.78 is 5.67. The van der Waals surface area contributed by atoms with Crippen molar-refractivity contribution in [1.29, 1.82) is 0 Å². The van der Waals surface area contributed by atoms with Gasteiger partial charge in [0.25, 0.3) is 0 Å². The van der Waals surface area contributed by atoms with Gasteiger partial charge in [0.2, 0.25) is 0 Å². The topological polar surface area (TPSA) is 0 Å². The van der Waals surface area contributed by atoms with E-state index in [1.807, 2.05) is 9.76 Å².